The fraction of sp³-hybridized carbons (Fsp3) is 0.438. The van der Waals surface area contributed by atoms with E-state index in [0.29, 0.717) is 11.4 Å². The van der Waals surface area contributed by atoms with Gasteiger partial charge in [0.1, 0.15) is 21.5 Å². The number of carbonyl (C=O) groups excluding carboxylic acids is 2. The van der Waals surface area contributed by atoms with Crippen molar-refractivity contribution in [3.8, 4) is 0 Å². The number of aryl methyl sites for hydroxylation is 2. The van der Waals surface area contributed by atoms with Crippen molar-refractivity contribution in [1.82, 2.24) is 42.6 Å². The minimum Gasteiger partial charge on any atom is -0.348 e. The average molecular weight is 603 g/mol. The SMILES string of the molecule is C[C@@H](CCc1ccccc1)NC(=O)C1=C2SC3=C(C(=O)N[C@@H](C)CCc4ccccc4)NNN3C3CCCCC3N2NN1. The van der Waals surface area contributed by atoms with Crippen LogP contribution in [0.4, 0.5) is 0 Å². The summed E-state index contributed by atoms with van der Waals surface area (Å²) in [5.74, 6) is -0.308. The van der Waals surface area contributed by atoms with E-state index in [-0.39, 0.29) is 36.0 Å². The molecule has 3 aliphatic heterocycles. The van der Waals surface area contributed by atoms with Crippen LogP contribution in [-0.2, 0) is 22.4 Å². The highest BCUT2D eigenvalue weighted by Crippen LogP contribution is 2.45. The van der Waals surface area contributed by atoms with Gasteiger partial charge in [-0.05, 0) is 75.3 Å². The van der Waals surface area contributed by atoms with Gasteiger partial charge in [-0.1, -0.05) is 73.5 Å². The molecule has 1 aliphatic carbocycles. The fourth-order valence-corrected chi connectivity index (χ4v) is 7.47. The van der Waals surface area contributed by atoms with E-state index in [0.717, 1.165) is 61.4 Å². The summed E-state index contributed by atoms with van der Waals surface area (Å²) in [6, 6.07) is 20.9. The van der Waals surface area contributed by atoms with E-state index in [1.54, 1.807) is 0 Å². The Kier molecular flexibility index (Phi) is 9.11. The van der Waals surface area contributed by atoms with Gasteiger partial charge in [0.15, 0.2) is 0 Å². The minimum atomic E-state index is -0.154. The molecule has 2 aromatic carbocycles. The second-order valence-corrected chi connectivity index (χ2v) is 12.9. The van der Waals surface area contributed by atoms with Crippen molar-refractivity contribution >= 4 is 23.6 Å². The molecule has 3 heterocycles. The summed E-state index contributed by atoms with van der Waals surface area (Å²) in [6.07, 6.45) is 7.66. The number of hydrazine groups is 4. The van der Waals surface area contributed by atoms with Crippen LogP contribution in [0.25, 0.3) is 0 Å². The van der Waals surface area contributed by atoms with E-state index in [9.17, 15) is 9.59 Å². The maximum atomic E-state index is 13.6. The van der Waals surface area contributed by atoms with Crippen molar-refractivity contribution in [1.29, 1.82) is 0 Å². The zero-order valence-corrected chi connectivity index (χ0v) is 25.7. The molecule has 0 radical (unpaired) electrons. The molecule has 6 N–H and O–H groups in total. The highest BCUT2D eigenvalue weighted by molar-refractivity contribution is 8.06. The zero-order chi connectivity index (χ0) is 29.8. The fourth-order valence-electron chi connectivity index (χ4n) is 6.23. The predicted molar refractivity (Wildman–Crippen MR) is 169 cm³/mol. The lowest BCUT2D eigenvalue weighted by Crippen LogP contribution is -2.57. The Hall–Kier alpha value is -3.67. The largest absolute Gasteiger partial charge is 0.348 e. The molecule has 6 rings (SSSR count). The Morgan fingerprint density at radius 2 is 1.16 bits per heavy atom. The highest BCUT2D eigenvalue weighted by atomic mass is 32.2. The summed E-state index contributed by atoms with van der Waals surface area (Å²) < 4.78 is 0. The van der Waals surface area contributed by atoms with Crippen LogP contribution in [0.2, 0.25) is 0 Å². The lowest BCUT2D eigenvalue weighted by atomic mass is 9.89. The van der Waals surface area contributed by atoms with Crippen molar-refractivity contribution < 1.29 is 9.59 Å². The van der Waals surface area contributed by atoms with E-state index < -0.39 is 0 Å². The van der Waals surface area contributed by atoms with Crippen LogP contribution in [0.5, 0.6) is 0 Å². The van der Waals surface area contributed by atoms with Gasteiger partial charge in [0, 0.05) is 12.1 Å². The zero-order valence-electron chi connectivity index (χ0n) is 24.9. The van der Waals surface area contributed by atoms with Crippen LogP contribution in [0.15, 0.2) is 82.1 Å². The molecule has 43 heavy (non-hydrogen) atoms. The Morgan fingerprint density at radius 3 is 1.58 bits per heavy atom. The van der Waals surface area contributed by atoms with Crippen LogP contribution in [0, 0.1) is 0 Å². The third kappa shape index (κ3) is 6.63. The first-order valence-corrected chi connectivity index (χ1v) is 16.3. The molecule has 4 aliphatic rings. The molecular weight excluding hydrogens is 560 g/mol. The van der Waals surface area contributed by atoms with E-state index >= 15 is 0 Å². The molecule has 2 amide bonds. The van der Waals surface area contributed by atoms with Crippen molar-refractivity contribution in [2.24, 2.45) is 0 Å². The number of thioether (sulfide) groups is 1. The van der Waals surface area contributed by atoms with Gasteiger partial charge in [0.25, 0.3) is 11.8 Å². The Bertz CT molecular complexity index is 1260. The average Bonchev–Trinajstić information content (AvgIpc) is 3.62. The summed E-state index contributed by atoms with van der Waals surface area (Å²) >= 11 is 1.45. The van der Waals surface area contributed by atoms with Crippen molar-refractivity contribution in [2.75, 3.05) is 0 Å². The summed E-state index contributed by atoms with van der Waals surface area (Å²) in [7, 11) is 0. The summed E-state index contributed by atoms with van der Waals surface area (Å²) in [6.45, 7) is 4.08. The molecule has 1 saturated heterocycles. The highest BCUT2D eigenvalue weighted by Gasteiger charge is 2.47. The number of carbonyl (C=O) groups is 2. The number of amides is 2. The molecule has 0 aromatic heterocycles. The molecule has 2 fully saturated rings. The monoisotopic (exact) mass is 602 g/mol. The summed E-state index contributed by atoms with van der Waals surface area (Å²) in [4.78, 5) is 27.2. The molecule has 228 valence electrons. The van der Waals surface area contributed by atoms with Crippen LogP contribution >= 0.6 is 11.8 Å². The standard InChI is InChI=1S/C32H42N8O2S/c1-21(17-19-23-11-5-3-6-12-23)33-29(41)27-31-39(37-35-27)25-15-9-10-16-26(25)40-32(43-31)28(36-38-40)30(42)34-22(2)18-20-24-13-7-4-8-14-24/h3-8,11-14,21-22,25-26,35-38H,9-10,15-20H2,1-2H3,(H,33,41)(H,34,42)/t21-,22-,25?,26?/m0/s1. The van der Waals surface area contributed by atoms with Crippen molar-refractivity contribution in [2.45, 2.75) is 89.4 Å². The third-order valence-corrected chi connectivity index (χ3v) is 9.83. The number of fused-ring (bicyclic) bond motifs is 5. The van der Waals surface area contributed by atoms with Gasteiger partial charge >= 0.3 is 0 Å². The Morgan fingerprint density at radius 1 is 0.744 bits per heavy atom. The first-order valence-electron chi connectivity index (χ1n) is 15.5. The maximum Gasteiger partial charge on any atom is 0.271 e. The van der Waals surface area contributed by atoms with Gasteiger partial charge in [0.05, 0.1) is 12.1 Å². The minimum absolute atomic E-state index is 0.000830. The van der Waals surface area contributed by atoms with E-state index in [1.165, 1.54) is 22.9 Å². The first kappa shape index (κ1) is 29.4. The Balaban J connectivity index is 1.19. The summed E-state index contributed by atoms with van der Waals surface area (Å²) in [5, 5.41) is 12.1. The molecular formula is C32H42N8O2S. The molecule has 10 nitrogen and oxygen atoms in total. The quantitative estimate of drug-likeness (QED) is 0.244. The smallest absolute Gasteiger partial charge is 0.271 e. The normalized spacial score (nSPS) is 22.5. The third-order valence-electron chi connectivity index (χ3n) is 8.65. The van der Waals surface area contributed by atoms with Gasteiger partial charge in [-0.15, -0.1) is 11.1 Å². The van der Waals surface area contributed by atoms with E-state index in [4.69, 9.17) is 0 Å². The summed E-state index contributed by atoms with van der Waals surface area (Å²) in [5.41, 5.74) is 16.4. The second-order valence-electron chi connectivity index (χ2n) is 11.9. The topological polar surface area (TPSA) is 113 Å². The van der Waals surface area contributed by atoms with Crippen LogP contribution in [0.3, 0.4) is 0 Å². The van der Waals surface area contributed by atoms with Gasteiger partial charge in [0.2, 0.25) is 0 Å². The Labute approximate surface area is 258 Å². The van der Waals surface area contributed by atoms with Gasteiger partial charge in [-0.3, -0.25) is 30.5 Å². The maximum absolute atomic E-state index is 13.6. The van der Waals surface area contributed by atoms with Crippen LogP contribution < -0.4 is 32.6 Å². The van der Waals surface area contributed by atoms with Crippen LogP contribution in [-0.4, -0.2) is 46.0 Å². The molecule has 2 aromatic rings. The molecule has 2 unspecified atom stereocenters. The molecule has 0 bridgehead atoms. The number of nitrogens with one attached hydrogen (secondary N) is 6. The number of hydrogen-bond acceptors (Lipinski definition) is 9. The second kappa shape index (κ2) is 13.3. The number of benzene rings is 2. The molecule has 4 atom stereocenters. The van der Waals surface area contributed by atoms with Crippen LogP contribution in [0.1, 0.15) is 63.5 Å². The lowest BCUT2D eigenvalue weighted by Gasteiger charge is -2.40. The molecule has 0 spiro atoms. The van der Waals surface area contributed by atoms with E-state index in [1.807, 2.05) is 50.2 Å². The first-order chi connectivity index (χ1) is 21.0. The van der Waals surface area contributed by atoms with Gasteiger partial charge in [-0.25, -0.2) is 0 Å². The van der Waals surface area contributed by atoms with Crippen molar-refractivity contribution in [3.05, 3.63) is 93.2 Å². The van der Waals surface area contributed by atoms with E-state index in [2.05, 4.69) is 66.8 Å². The molecule has 11 heteroatoms. The number of nitrogens with zero attached hydrogens (tertiary/aromatic N) is 2. The van der Waals surface area contributed by atoms with Crippen molar-refractivity contribution in [3.63, 3.8) is 0 Å². The lowest BCUT2D eigenvalue weighted by molar-refractivity contribution is -0.119. The number of hydrogen-bond donors (Lipinski definition) is 6. The van der Waals surface area contributed by atoms with Gasteiger partial charge < -0.3 is 10.6 Å². The predicted octanol–water partition coefficient (Wildman–Crippen LogP) is 3.31. The molecule has 1 saturated carbocycles. The number of rotatable bonds is 10. The van der Waals surface area contributed by atoms with Gasteiger partial charge in [-0.2, -0.15) is 0 Å².